The number of hydrogen-bond acceptors (Lipinski definition) is 10. The van der Waals surface area contributed by atoms with Crippen molar-refractivity contribution in [2.24, 2.45) is 0 Å². The molecule has 1 aliphatic rings. The second kappa shape index (κ2) is 18.7. The molecule has 0 atom stereocenters. The smallest absolute Gasteiger partial charge is 0.444 e. The minimum absolute atomic E-state index is 0.356. The quantitative estimate of drug-likeness (QED) is 0.142. The molecule has 16 heteroatoms. The number of hydrogen-bond donors (Lipinski definition) is 2. The molecule has 0 unspecified atom stereocenters. The van der Waals surface area contributed by atoms with Crippen LogP contribution in [0.2, 0.25) is 0 Å². The Morgan fingerprint density at radius 2 is 1.17 bits per heavy atom. The molecule has 2 aromatic carbocycles. The molecule has 1 fully saturated rings. The van der Waals surface area contributed by atoms with Gasteiger partial charge in [0.25, 0.3) is 7.79 Å². The van der Waals surface area contributed by atoms with E-state index in [1.807, 2.05) is 163 Å². The number of benzene rings is 2. The zero-order chi connectivity index (χ0) is 38.9. The lowest BCUT2D eigenvalue weighted by Crippen LogP contribution is -2.41. The minimum Gasteiger partial charge on any atom is -0.444 e. The Balaban J connectivity index is 0.000000237. The SMILES string of the molecule is CC(C)(C)OC(=O)NCc1ccccc1-c1coc(I)n1.CC(C)(C)OC(=O)NCc1ccccc1B1OC(C)(C)C(C)(C)O1.Ic1coc(I)n1. The van der Waals surface area contributed by atoms with Crippen molar-refractivity contribution in [2.45, 2.75) is 105 Å². The van der Waals surface area contributed by atoms with Crippen LogP contribution in [0.15, 0.2) is 69.9 Å². The monoisotopic (exact) mass is 1050 g/mol. The summed E-state index contributed by atoms with van der Waals surface area (Å²) < 4.78 is 35.0. The van der Waals surface area contributed by atoms with Gasteiger partial charge in [-0.05, 0) is 108 Å². The third-order valence-electron chi connectivity index (χ3n) is 7.42. The number of alkyl carbamates (subject to hydrolysis) is 2. The van der Waals surface area contributed by atoms with Crippen molar-refractivity contribution in [1.82, 2.24) is 20.6 Å². The average molecular weight is 1050 g/mol. The summed E-state index contributed by atoms with van der Waals surface area (Å²) in [6.07, 6.45) is 2.34. The van der Waals surface area contributed by atoms with Crippen molar-refractivity contribution < 1.29 is 37.2 Å². The molecule has 52 heavy (non-hydrogen) atoms. The van der Waals surface area contributed by atoms with E-state index < -0.39 is 41.7 Å². The van der Waals surface area contributed by atoms with E-state index in [0.29, 0.717) is 20.9 Å². The zero-order valence-corrected chi connectivity index (χ0v) is 37.5. The number of nitrogens with one attached hydrogen (secondary N) is 2. The Morgan fingerprint density at radius 3 is 1.62 bits per heavy atom. The van der Waals surface area contributed by atoms with Gasteiger partial charge >= 0.3 is 19.3 Å². The highest BCUT2D eigenvalue weighted by Crippen LogP contribution is 2.36. The molecule has 4 aromatic rings. The third-order valence-corrected chi connectivity index (χ3v) is 8.91. The van der Waals surface area contributed by atoms with Crippen LogP contribution in [-0.4, -0.2) is 51.7 Å². The van der Waals surface area contributed by atoms with Gasteiger partial charge in [0.2, 0.25) is 0 Å². The standard InChI is InChI=1S/C18H28BNO4.C15H17IN2O3.C3HI2NO/c1-16(2,3)22-15(21)20-12-13-10-8-9-11-14(13)19-23-17(4,5)18(6,7)24-19;1-15(2,3)21-14(19)17-8-10-6-4-5-7-11(10)12-9-20-13(16)18-12;4-2-1-7-3(5)6-2/h8-11H,12H2,1-7H3,(H,20,21);4-7,9H,8H2,1-3H3,(H,17,19);1H. The number of oxazole rings is 2. The normalized spacial score (nSPS) is 14.7. The molecule has 0 radical (unpaired) electrons. The van der Waals surface area contributed by atoms with E-state index in [2.05, 4.69) is 43.2 Å². The van der Waals surface area contributed by atoms with Gasteiger partial charge in [0, 0.05) is 63.8 Å². The van der Waals surface area contributed by atoms with Crippen molar-refractivity contribution in [3.8, 4) is 11.3 Å². The van der Waals surface area contributed by atoms with Crippen LogP contribution in [-0.2, 0) is 31.9 Å². The Morgan fingerprint density at radius 1 is 0.712 bits per heavy atom. The van der Waals surface area contributed by atoms with Gasteiger partial charge < -0.3 is 38.3 Å². The van der Waals surface area contributed by atoms with Crippen molar-refractivity contribution >= 4 is 92.5 Å². The summed E-state index contributed by atoms with van der Waals surface area (Å²) in [6.45, 7) is 19.8. The molecular weight excluding hydrogens is 1010 g/mol. The van der Waals surface area contributed by atoms with Crippen LogP contribution in [0.4, 0.5) is 9.59 Å². The summed E-state index contributed by atoms with van der Waals surface area (Å²) in [4.78, 5) is 31.8. The maximum absolute atomic E-state index is 11.9. The third kappa shape index (κ3) is 14.4. The number of amides is 2. The molecule has 1 aliphatic heterocycles. The highest BCUT2D eigenvalue weighted by molar-refractivity contribution is 14.1. The van der Waals surface area contributed by atoms with Gasteiger partial charge in [0.15, 0.2) is 0 Å². The van der Waals surface area contributed by atoms with E-state index in [-0.39, 0.29) is 0 Å². The molecule has 0 spiro atoms. The second-order valence-electron chi connectivity index (χ2n) is 14.6. The summed E-state index contributed by atoms with van der Waals surface area (Å²) in [5.41, 5.74) is 2.68. The van der Waals surface area contributed by atoms with E-state index in [1.54, 1.807) is 12.5 Å². The average Bonchev–Trinajstić information content (AvgIpc) is 3.69. The van der Waals surface area contributed by atoms with Crippen LogP contribution in [0.5, 0.6) is 0 Å². The highest BCUT2D eigenvalue weighted by Gasteiger charge is 2.52. The lowest BCUT2D eigenvalue weighted by Gasteiger charge is -2.32. The number of halogens is 3. The summed E-state index contributed by atoms with van der Waals surface area (Å²) in [5.74, 6) is 0. The number of aromatic nitrogens is 2. The van der Waals surface area contributed by atoms with Crippen LogP contribution in [0.25, 0.3) is 11.3 Å². The first-order chi connectivity index (χ1) is 24.0. The van der Waals surface area contributed by atoms with Crippen LogP contribution in [0.1, 0.15) is 80.4 Å². The maximum atomic E-state index is 11.9. The summed E-state index contributed by atoms with van der Waals surface area (Å²) in [6, 6.07) is 15.5. The molecular formula is C36H46BI3N4O8. The number of carbonyl (C=O) groups excluding carboxylic acids is 2. The Kier molecular flexibility index (Phi) is 15.9. The minimum atomic E-state index is -0.519. The first-order valence-corrected chi connectivity index (χ1v) is 19.6. The molecule has 2 amide bonds. The topological polar surface area (TPSA) is 147 Å². The van der Waals surface area contributed by atoms with Gasteiger partial charge in [-0.15, -0.1) is 0 Å². The second-order valence-corrected chi connectivity index (χ2v) is 17.5. The fraction of sp³-hybridized carbons (Fsp3) is 0.444. The lowest BCUT2D eigenvalue weighted by atomic mass is 9.76. The van der Waals surface area contributed by atoms with E-state index in [1.165, 1.54) is 0 Å². The molecule has 1 saturated heterocycles. The molecule has 12 nitrogen and oxygen atoms in total. The highest BCUT2D eigenvalue weighted by atomic mass is 127. The van der Waals surface area contributed by atoms with Crippen LogP contribution < -0.4 is 16.1 Å². The lowest BCUT2D eigenvalue weighted by molar-refractivity contribution is 0.00578. The molecule has 3 heterocycles. The molecule has 282 valence electrons. The molecule has 2 aromatic heterocycles. The summed E-state index contributed by atoms with van der Waals surface area (Å²) in [5, 5.41) is 5.54. The van der Waals surface area contributed by atoms with E-state index in [9.17, 15) is 9.59 Å². The van der Waals surface area contributed by atoms with Crippen molar-refractivity contribution in [2.75, 3.05) is 0 Å². The van der Waals surface area contributed by atoms with Crippen molar-refractivity contribution in [1.29, 1.82) is 0 Å². The zero-order valence-electron chi connectivity index (χ0n) is 31.1. The first kappa shape index (κ1) is 44.0. The number of carbonyl (C=O) groups is 2. The van der Waals surface area contributed by atoms with Crippen LogP contribution in [0.3, 0.4) is 0 Å². The van der Waals surface area contributed by atoms with Gasteiger partial charge in [-0.2, -0.15) is 4.98 Å². The van der Waals surface area contributed by atoms with Gasteiger partial charge in [0.05, 0.1) is 11.2 Å². The Labute approximate surface area is 347 Å². The van der Waals surface area contributed by atoms with Crippen molar-refractivity contribution in [3.05, 3.63) is 83.7 Å². The summed E-state index contributed by atoms with van der Waals surface area (Å²) >= 11 is 6.13. The van der Waals surface area contributed by atoms with Crippen molar-refractivity contribution in [3.63, 3.8) is 0 Å². The molecule has 0 saturated carbocycles. The van der Waals surface area contributed by atoms with E-state index in [4.69, 9.17) is 27.6 Å². The fourth-order valence-corrected chi connectivity index (χ4v) is 5.97. The Hall–Kier alpha value is -2.43. The molecule has 0 aliphatic carbocycles. The van der Waals surface area contributed by atoms with E-state index >= 15 is 0 Å². The van der Waals surface area contributed by atoms with Gasteiger partial charge in [-0.3, -0.25) is 0 Å². The summed E-state index contributed by atoms with van der Waals surface area (Å²) in [7, 11) is -0.452. The van der Waals surface area contributed by atoms with Gasteiger partial charge in [0.1, 0.15) is 33.1 Å². The fourth-order valence-electron chi connectivity index (χ4n) is 4.39. The van der Waals surface area contributed by atoms with Crippen LogP contribution in [0, 0.1) is 11.5 Å². The molecule has 0 bridgehead atoms. The maximum Gasteiger partial charge on any atom is 0.495 e. The largest absolute Gasteiger partial charge is 0.495 e. The number of nitrogens with zero attached hydrogens (tertiary/aromatic N) is 2. The first-order valence-electron chi connectivity index (χ1n) is 16.4. The van der Waals surface area contributed by atoms with E-state index in [0.717, 1.165) is 31.5 Å². The predicted octanol–water partition coefficient (Wildman–Crippen LogP) is 8.87. The number of ether oxygens (including phenoxy) is 2. The van der Waals surface area contributed by atoms with Crippen LogP contribution >= 0.6 is 67.8 Å². The molecule has 2 N–H and O–H groups in total. The predicted molar refractivity (Wildman–Crippen MR) is 225 cm³/mol. The molecule has 5 rings (SSSR count). The number of rotatable bonds is 6. The van der Waals surface area contributed by atoms with Gasteiger partial charge in [-0.25, -0.2) is 14.6 Å². The van der Waals surface area contributed by atoms with Gasteiger partial charge in [-0.1, -0.05) is 48.5 Å². The Bertz CT molecular complexity index is 1750.